The van der Waals surface area contributed by atoms with E-state index in [1.54, 1.807) is 0 Å². The summed E-state index contributed by atoms with van der Waals surface area (Å²) in [6.45, 7) is 10.5. The number of halogens is 2. The number of ether oxygens (including phenoxy) is 1. The lowest BCUT2D eigenvalue weighted by Gasteiger charge is -2.39. The first kappa shape index (κ1) is 21.9. The summed E-state index contributed by atoms with van der Waals surface area (Å²) in [5, 5.41) is 3.37. The Morgan fingerprint density at radius 1 is 1.27 bits per heavy atom. The van der Waals surface area contributed by atoms with Crippen molar-refractivity contribution in [2.75, 3.05) is 45.9 Å². The highest BCUT2D eigenvalue weighted by Crippen LogP contribution is 2.16. The number of likely N-dealkylation sites (N-methyl/N-ethyl adjacent to an activating group) is 1. The summed E-state index contributed by atoms with van der Waals surface area (Å²) < 4.78 is 5.74. The fraction of sp³-hybridized carbons (Fsp3) is 0.933. The molecule has 1 N–H and O–H groups in total. The van der Waals surface area contributed by atoms with E-state index in [4.69, 9.17) is 4.74 Å². The van der Waals surface area contributed by atoms with E-state index < -0.39 is 0 Å². The van der Waals surface area contributed by atoms with Gasteiger partial charge in [-0.15, -0.1) is 24.8 Å². The van der Waals surface area contributed by atoms with Crippen LogP contribution in [0.1, 0.15) is 33.1 Å². The highest BCUT2D eigenvalue weighted by Gasteiger charge is 2.33. The summed E-state index contributed by atoms with van der Waals surface area (Å²) in [6.07, 6.45) is 2.89. The van der Waals surface area contributed by atoms with Crippen molar-refractivity contribution in [3.8, 4) is 0 Å². The molecule has 0 aromatic carbocycles. The van der Waals surface area contributed by atoms with E-state index in [1.807, 2.05) is 0 Å². The molecular weight excluding hydrogens is 325 g/mol. The van der Waals surface area contributed by atoms with Crippen LogP contribution in [-0.2, 0) is 9.53 Å². The maximum Gasteiger partial charge on any atom is 0.253 e. The van der Waals surface area contributed by atoms with Crippen molar-refractivity contribution in [1.29, 1.82) is 0 Å². The van der Waals surface area contributed by atoms with E-state index in [0.717, 1.165) is 58.5 Å². The fourth-order valence-corrected chi connectivity index (χ4v) is 3.16. The number of nitrogens with zero attached hydrogens (tertiary/aromatic N) is 2. The van der Waals surface area contributed by atoms with Crippen LogP contribution in [0.25, 0.3) is 0 Å². The van der Waals surface area contributed by atoms with Crippen LogP contribution in [0.15, 0.2) is 0 Å². The van der Waals surface area contributed by atoms with Gasteiger partial charge in [0.25, 0.3) is 5.91 Å². The Morgan fingerprint density at radius 3 is 2.55 bits per heavy atom. The van der Waals surface area contributed by atoms with Crippen LogP contribution in [0, 0.1) is 0 Å². The normalized spacial score (nSPS) is 23.3. The van der Waals surface area contributed by atoms with Crippen LogP contribution in [0.3, 0.4) is 0 Å². The van der Waals surface area contributed by atoms with E-state index >= 15 is 0 Å². The second-order valence-electron chi connectivity index (χ2n) is 5.77. The molecule has 1 atom stereocenters. The summed E-state index contributed by atoms with van der Waals surface area (Å²) in [6, 6.07) is 0.393. The summed E-state index contributed by atoms with van der Waals surface area (Å²) in [5.74, 6) is 0.205. The molecule has 0 aromatic rings. The quantitative estimate of drug-likeness (QED) is 0.812. The average molecular weight is 356 g/mol. The lowest BCUT2D eigenvalue weighted by Crippen LogP contribution is -2.55. The number of morpholine rings is 1. The number of hydrogen-bond donors (Lipinski definition) is 1. The molecule has 0 aromatic heterocycles. The molecule has 0 radical (unpaired) electrons. The third-order valence-electron chi connectivity index (χ3n) is 4.37. The third-order valence-corrected chi connectivity index (χ3v) is 4.37. The highest BCUT2D eigenvalue weighted by molar-refractivity contribution is 5.85. The number of hydrogen-bond acceptors (Lipinski definition) is 4. The first-order valence-corrected chi connectivity index (χ1v) is 8.11. The minimum absolute atomic E-state index is 0. The molecule has 2 aliphatic rings. The molecule has 2 heterocycles. The van der Waals surface area contributed by atoms with Crippen molar-refractivity contribution in [3.63, 3.8) is 0 Å². The predicted octanol–water partition coefficient (Wildman–Crippen LogP) is 1.54. The van der Waals surface area contributed by atoms with Crippen molar-refractivity contribution in [1.82, 2.24) is 15.1 Å². The molecule has 0 saturated carbocycles. The summed E-state index contributed by atoms with van der Waals surface area (Å²) in [4.78, 5) is 17.2. The van der Waals surface area contributed by atoms with E-state index in [9.17, 15) is 4.79 Å². The largest absolute Gasteiger partial charge is 0.366 e. The van der Waals surface area contributed by atoms with E-state index in [-0.39, 0.29) is 36.8 Å². The van der Waals surface area contributed by atoms with Gasteiger partial charge in [-0.25, -0.2) is 0 Å². The van der Waals surface area contributed by atoms with E-state index in [2.05, 4.69) is 29.0 Å². The number of piperidine rings is 1. The number of carbonyl (C=O) groups excluding carboxylic acids is 1. The second-order valence-corrected chi connectivity index (χ2v) is 5.77. The average Bonchev–Trinajstić information content (AvgIpc) is 2.53. The van der Waals surface area contributed by atoms with Gasteiger partial charge in [-0.1, -0.05) is 13.8 Å². The van der Waals surface area contributed by atoms with Crippen molar-refractivity contribution < 1.29 is 9.53 Å². The molecule has 2 fully saturated rings. The minimum Gasteiger partial charge on any atom is -0.366 e. The lowest BCUT2D eigenvalue weighted by atomic mass is 10.0. The van der Waals surface area contributed by atoms with Gasteiger partial charge in [-0.3, -0.25) is 9.69 Å². The number of rotatable bonds is 5. The molecule has 5 nitrogen and oxygen atoms in total. The van der Waals surface area contributed by atoms with Gasteiger partial charge < -0.3 is 15.0 Å². The molecule has 7 heteroatoms. The molecule has 22 heavy (non-hydrogen) atoms. The number of carbonyl (C=O) groups is 1. The second kappa shape index (κ2) is 11.5. The molecule has 2 aliphatic heterocycles. The van der Waals surface area contributed by atoms with E-state index in [0.29, 0.717) is 12.6 Å². The topological polar surface area (TPSA) is 44.8 Å². The first-order valence-electron chi connectivity index (χ1n) is 8.11. The molecule has 2 rings (SSSR count). The van der Waals surface area contributed by atoms with Gasteiger partial charge in [-0.05, 0) is 38.9 Å². The zero-order valence-electron chi connectivity index (χ0n) is 13.8. The predicted molar refractivity (Wildman–Crippen MR) is 94.2 cm³/mol. The Hall–Kier alpha value is -0.0700. The van der Waals surface area contributed by atoms with Crippen LogP contribution < -0.4 is 5.32 Å². The Bertz CT molecular complexity index is 315. The van der Waals surface area contributed by atoms with Crippen LogP contribution in [0.4, 0.5) is 0 Å². The van der Waals surface area contributed by atoms with Gasteiger partial charge in [0.05, 0.1) is 6.61 Å². The zero-order chi connectivity index (χ0) is 14.4. The summed E-state index contributed by atoms with van der Waals surface area (Å²) in [7, 11) is 0. The molecular formula is C15H31Cl2N3O2. The van der Waals surface area contributed by atoms with Crippen molar-refractivity contribution in [2.24, 2.45) is 0 Å². The van der Waals surface area contributed by atoms with Gasteiger partial charge in [0.2, 0.25) is 0 Å². The summed E-state index contributed by atoms with van der Waals surface area (Å²) in [5.41, 5.74) is 0. The summed E-state index contributed by atoms with van der Waals surface area (Å²) >= 11 is 0. The van der Waals surface area contributed by atoms with Crippen molar-refractivity contribution in [3.05, 3.63) is 0 Å². The van der Waals surface area contributed by atoms with Gasteiger partial charge in [0.1, 0.15) is 6.10 Å². The van der Waals surface area contributed by atoms with Gasteiger partial charge in [0, 0.05) is 25.7 Å². The number of amides is 1. The Morgan fingerprint density at radius 2 is 1.95 bits per heavy atom. The molecule has 2 saturated heterocycles. The number of nitrogens with one attached hydrogen (secondary N) is 1. The Labute approximate surface area is 146 Å². The van der Waals surface area contributed by atoms with Crippen LogP contribution in [0.5, 0.6) is 0 Å². The molecule has 1 unspecified atom stereocenters. The smallest absolute Gasteiger partial charge is 0.253 e. The first-order chi connectivity index (χ1) is 9.76. The van der Waals surface area contributed by atoms with Gasteiger partial charge in [-0.2, -0.15) is 0 Å². The van der Waals surface area contributed by atoms with Gasteiger partial charge in [0.15, 0.2) is 0 Å². The zero-order valence-corrected chi connectivity index (χ0v) is 15.4. The monoisotopic (exact) mass is 355 g/mol. The van der Waals surface area contributed by atoms with Crippen LogP contribution in [0.2, 0.25) is 0 Å². The van der Waals surface area contributed by atoms with Crippen LogP contribution >= 0.6 is 24.8 Å². The highest BCUT2D eigenvalue weighted by atomic mass is 35.5. The minimum atomic E-state index is -0.259. The molecule has 1 amide bonds. The SMILES string of the molecule is CCCN(C(=O)C1CN(CC)CCO1)C1CCNCC1.Cl.Cl. The van der Waals surface area contributed by atoms with Gasteiger partial charge >= 0.3 is 0 Å². The Kier molecular flexibility index (Phi) is 11.4. The fourth-order valence-electron chi connectivity index (χ4n) is 3.16. The molecule has 0 spiro atoms. The molecule has 132 valence electrons. The lowest BCUT2D eigenvalue weighted by molar-refractivity contribution is -0.152. The maximum absolute atomic E-state index is 12.8. The van der Waals surface area contributed by atoms with E-state index in [1.165, 1.54) is 0 Å². The Balaban J connectivity index is 0.00000220. The third kappa shape index (κ3) is 5.85. The standard InChI is InChI=1S/C15H29N3O2.2ClH/c1-3-9-18(13-5-7-16-8-6-13)15(19)14-12-17(4-2)10-11-20-14;;/h13-14,16H,3-12H2,1-2H3;2*1H. The molecule has 0 bridgehead atoms. The van der Waals surface area contributed by atoms with Crippen molar-refractivity contribution >= 4 is 30.7 Å². The molecule has 0 aliphatic carbocycles. The van der Waals surface area contributed by atoms with Crippen molar-refractivity contribution in [2.45, 2.75) is 45.3 Å². The van der Waals surface area contributed by atoms with Crippen LogP contribution in [-0.4, -0.2) is 73.7 Å². The maximum atomic E-state index is 12.8.